The molecule has 0 bridgehead atoms. The Morgan fingerprint density at radius 1 is 0.778 bits per heavy atom. The molecule has 27 heavy (non-hydrogen) atoms. The van der Waals surface area contributed by atoms with Gasteiger partial charge in [-0.3, -0.25) is 4.68 Å². The minimum atomic E-state index is -0.281. The lowest BCUT2D eigenvalue weighted by Crippen LogP contribution is -2.05. The SMILES string of the molecule is Cc1ccccc1Cn1nc(-c2ccc(F)cc2)cc1-c1ccc(F)cc1. The van der Waals surface area contributed by atoms with Gasteiger partial charge in [-0.25, -0.2) is 8.78 Å². The molecule has 0 saturated heterocycles. The van der Waals surface area contributed by atoms with E-state index < -0.39 is 0 Å². The van der Waals surface area contributed by atoms with Gasteiger partial charge in [0.05, 0.1) is 17.9 Å². The van der Waals surface area contributed by atoms with Gasteiger partial charge in [0.25, 0.3) is 0 Å². The van der Waals surface area contributed by atoms with Crippen molar-refractivity contribution in [3.05, 3.63) is 102 Å². The third-order valence-corrected chi connectivity index (χ3v) is 4.64. The Balaban J connectivity index is 1.80. The van der Waals surface area contributed by atoms with Crippen LogP contribution in [0.3, 0.4) is 0 Å². The summed E-state index contributed by atoms with van der Waals surface area (Å²) in [6.45, 7) is 2.66. The summed E-state index contributed by atoms with van der Waals surface area (Å²) in [6, 6.07) is 22.8. The molecular weight excluding hydrogens is 342 g/mol. The topological polar surface area (TPSA) is 17.8 Å². The van der Waals surface area contributed by atoms with E-state index in [0.717, 1.165) is 28.1 Å². The highest BCUT2D eigenvalue weighted by Gasteiger charge is 2.13. The zero-order valence-electron chi connectivity index (χ0n) is 14.9. The molecule has 0 atom stereocenters. The largest absolute Gasteiger partial charge is 0.260 e. The Bertz CT molecular complexity index is 1060. The van der Waals surface area contributed by atoms with Gasteiger partial charge in [-0.15, -0.1) is 0 Å². The summed E-state index contributed by atoms with van der Waals surface area (Å²) in [6.07, 6.45) is 0. The van der Waals surface area contributed by atoms with Crippen LogP contribution in [0.1, 0.15) is 11.1 Å². The predicted molar refractivity (Wildman–Crippen MR) is 103 cm³/mol. The molecule has 4 aromatic rings. The summed E-state index contributed by atoms with van der Waals surface area (Å²) in [7, 11) is 0. The molecule has 0 amide bonds. The quantitative estimate of drug-likeness (QED) is 0.446. The van der Waals surface area contributed by atoms with Crippen LogP contribution >= 0.6 is 0 Å². The maximum absolute atomic E-state index is 13.4. The minimum absolute atomic E-state index is 0.275. The highest BCUT2D eigenvalue weighted by atomic mass is 19.1. The maximum atomic E-state index is 13.4. The first-order chi connectivity index (χ1) is 13.1. The van der Waals surface area contributed by atoms with E-state index in [-0.39, 0.29) is 11.6 Å². The highest BCUT2D eigenvalue weighted by Crippen LogP contribution is 2.27. The first kappa shape index (κ1) is 17.2. The molecule has 2 nitrogen and oxygen atoms in total. The summed E-state index contributed by atoms with van der Waals surface area (Å²) in [5, 5.41) is 4.75. The summed E-state index contributed by atoms with van der Waals surface area (Å²) < 4.78 is 28.5. The van der Waals surface area contributed by atoms with Gasteiger partial charge in [-0.05, 0) is 72.6 Å². The molecule has 4 heteroatoms. The summed E-state index contributed by atoms with van der Waals surface area (Å²) in [4.78, 5) is 0. The number of benzene rings is 3. The van der Waals surface area contributed by atoms with E-state index in [1.165, 1.54) is 29.8 Å². The molecule has 0 radical (unpaired) electrons. The maximum Gasteiger partial charge on any atom is 0.123 e. The number of halogens is 2. The summed E-state index contributed by atoms with van der Waals surface area (Å²) >= 11 is 0. The number of hydrogen-bond acceptors (Lipinski definition) is 1. The lowest BCUT2D eigenvalue weighted by atomic mass is 10.1. The van der Waals surface area contributed by atoms with Crippen molar-refractivity contribution in [1.82, 2.24) is 9.78 Å². The van der Waals surface area contributed by atoms with Crippen molar-refractivity contribution in [2.45, 2.75) is 13.5 Å². The van der Waals surface area contributed by atoms with Crippen LogP contribution in [0, 0.1) is 18.6 Å². The van der Waals surface area contributed by atoms with Crippen molar-refractivity contribution < 1.29 is 8.78 Å². The van der Waals surface area contributed by atoms with Gasteiger partial charge in [0.1, 0.15) is 11.6 Å². The molecule has 0 N–H and O–H groups in total. The highest BCUT2D eigenvalue weighted by molar-refractivity contribution is 5.68. The Morgan fingerprint density at radius 2 is 1.37 bits per heavy atom. The van der Waals surface area contributed by atoms with Gasteiger partial charge < -0.3 is 0 Å². The van der Waals surface area contributed by atoms with Gasteiger partial charge in [-0.2, -0.15) is 5.10 Å². The molecular formula is C23H18F2N2. The van der Waals surface area contributed by atoms with Gasteiger partial charge in [0, 0.05) is 11.1 Å². The van der Waals surface area contributed by atoms with Crippen LogP contribution in [-0.4, -0.2) is 9.78 Å². The Hall–Kier alpha value is -3.27. The molecule has 4 rings (SSSR count). The number of nitrogens with zero attached hydrogens (tertiary/aromatic N) is 2. The molecule has 1 aromatic heterocycles. The first-order valence-electron chi connectivity index (χ1n) is 8.74. The van der Waals surface area contributed by atoms with E-state index in [9.17, 15) is 8.78 Å². The summed E-state index contributed by atoms with van der Waals surface area (Å²) in [5.41, 5.74) is 5.70. The number of hydrogen-bond donors (Lipinski definition) is 0. The van der Waals surface area contributed by atoms with Gasteiger partial charge in [-0.1, -0.05) is 24.3 Å². The first-order valence-corrected chi connectivity index (χ1v) is 8.74. The molecule has 1 heterocycles. The lowest BCUT2D eigenvalue weighted by molar-refractivity contribution is 0.627. The molecule has 0 fully saturated rings. The Labute approximate surface area is 156 Å². The second-order valence-corrected chi connectivity index (χ2v) is 6.51. The van der Waals surface area contributed by atoms with Crippen LogP contribution in [0.15, 0.2) is 78.9 Å². The molecule has 0 aliphatic carbocycles. The molecule has 0 saturated carbocycles. The molecule has 134 valence electrons. The van der Waals surface area contributed by atoms with Crippen LogP contribution < -0.4 is 0 Å². The van der Waals surface area contributed by atoms with Crippen LogP contribution in [-0.2, 0) is 6.54 Å². The average molecular weight is 360 g/mol. The van der Waals surface area contributed by atoms with E-state index >= 15 is 0 Å². The van der Waals surface area contributed by atoms with E-state index in [4.69, 9.17) is 5.10 Å². The van der Waals surface area contributed by atoms with Crippen molar-refractivity contribution in [2.75, 3.05) is 0 Å². The minimum Gasteiger partial charge on any atom is -0.260 e. The van der Waals surface area contributed by atoms with Gasteiger partial charge in [0.15, 0.2) is 0 Å². The molecule has 3 aromatic carbocycles. The van der Waals surface area contributed by atoms with Crippen LogP contribution in [0.5, 0.6) is 0 Å². The van der Waals surface area contributed by atoms with E-state index in [1.54, 1.807) is 24.3 Å². The molecule has 0 aliphatic rings. The fourth-order valence-corrected chi connectivity index (χ4v) is 3.10. The van der Waals surface area contributed by atoms with Gasteiger partial charge in [0.2, 0.25) is 0 Å². The predicted octanol–water partition coefficient (Wildman–Crippen LogP) is 5.85. The van der Waals surface area contributed by atoms with E-state index in [0.29, 0.717) is 6.54 Å². The van der Waals surface area contributed by atoms with Gasteiger partial charge >= 0.3 is 0 Å². The number of aromatic nitrogens is 2. The lowest BCUT2D eigenvalue weighted by Gasteiger charge is -2.10. The average Bonchev–Trinajstić information content (AvgIpc) is 3.09. The molecule has 0 aliphatic heterocycles. The Morgan fingerprint density at radius 3 is 2.00 bits per heavy atom. The van der Waals surface area contributed by atoms with E-state index in [2.05, 4.69) is 19.1 Å². The van der Waals surface area contributed by atoms with Crippen molar-refractivity contribution in [1.29, 1.82) is 0 Å². The third-order valence-electron chi connectivity index (χ3n) is 4.64. The van der Waals surface area contributed by atoms with Crippen molar-refractivity contribution >= 4 is 0 Å². The number of rotatable bonds is 4. The zero-order valence-corrected chi connectivity index (χ0v) is 14.9. The van der Waals surface area contributed by atoms with Crippen LogP contribution in [0.2, 0.25) is 0 Å². The van der Waals surface area contributed by atoms with Crippen molar-refractivity contribution in [2.24, 2.45) is 0 Å². The van der Waals surface area contributed by atoms with Crippen molar-refractivity contribution in [3.8, 4) is 22.5 Å². The molecule has 0 spiro atoms. The monoisotopic (exact) mass is 360 g/mol. The normalized spacial score (nSPS) is 10.9. The fraction of sp³-hybridized carbons (Fsp3) is 0.0870. The van der Waals surface area contributed by atoms with E-state index in [1.807, 2.05) is 22.9 Å². The zero-order chi connectivity index (χ0) is 18.8. The third kappa shape index (κ3) is 3.65. The Kier molecular flexibility index (Phi) is 4.55. The molecule has 0 unspecified atom stereocenters. The van der Waals surface area contributed by atoms with Crippen LogP contribution in [0.4, 0.5) is 8.78 Å². The number of aryl methyl sites for hydroxylation is 1. The van der Waals surface area contributed by atoms with Crippen LogP contribution in [0.25, 0.3) is 22.5 Å². The second-order valence-electron chi connectivity index (χ2n) is 6.51. The fourth-order valence-electron chi connectivity index (χ4n) is 3.10. The summed E-state index contributed by atoms with van der Waals surface area (Å²) in [5.74, 6) is -0.556. The van der Waals surface area contributed by atoms with Crippen molar-refractivity contribution in [3.63, 3.8) is 0 Å². The smallest absolute Gasteiger partial charge is 0.123 e. The second kappa shape index (κ2) is 7.16. The standard InChI is InChI=1S/C23H18F2N2/c1-16-4-2-3-5-19(16)15-27-23(18-8-12-21(25)13-9-18)14-22(26-27)17-6-10-20(24)11-7-17/h2-14H,15H2,1H3.